The molecule has 3 aromatic rings. The Morgan fingerprint density at radius 1 is 1.38 bits per heavy atom. The molecule has 0 saturated carbocycles. The van der Waals surface area contributed by atoms with Crippen LogP contribution in [0.3, 0.4) is 0 Å². The maximum Gasteiger partial charge on any atom is 0.267 e. The lowest BCUT2D eigenvalue weighted by atomic mass is 10.3. The summed E-state index contributed by atoms with van der Waals surface area (Å²) in [4.78, 5) is 17.0. The van der Waals surface area contributed by atoms with Gasteiger partial charge in [-0.15, -0.1) is 11.3 Å². The van der Waals surface area contributed by atoms with Crippen molar-refractivity contribution in [2.45, 2.75) is 0 Å². The number of amides is 1. The van der Waals surface area contributed by atoms with E-state index in [1.807, 2.05) is 0 Å². The molecule has 3 N–H and O–H groups in total. The number of hydrogen-bond donors (Lipinski definition) is 2. The average molecular weight is 340 g/mol. The Morgan fingerprint density at radius 3 is 2.86 bits per heavy atom. The fourth-order valence-corrected chi connectivity index (χ4v) is 3.69. The number of rotatable bonds is 3. The van der Waals surface area contributed by atoms with Crippen molar-refractivity contribution in [3.8, 4) is 5.75 Å². The number of methoxy groups -OCH3 is 1. The first-order valence-electron chi connectivity index (χ1n) is 5.87. The predicted molar refractivity (Wildman–Crippen MR) is 87.9 cm³/mol. The smallest absolute Gasteiger partial charge is 0.267 e. The largest absolute Gasteiger partial charge is 0.494 e. The van der Waals surface area contributed by atoms with Crippen molar-refractivity contribution in [1.29, 1.82) is 0 Å². The minimum atomic E-state index is -0.238. The molecule has 0 radical (unpaired) electrons. The zero-order valence-corrected chi connectivity index (χ0v) is 13.2. The van der Waals surface area contributed by atoms with Crippen LogP contribution >= 0.6 is 34.3 Å². The van der Waals surface area contributed by atoms with Crippen LogP contribution in [-0.4, -0.2) is 18.0 Å². The van der Waals surface area contributed by atoms with Gasteiger partial charge in [-0.25, -0.2) is 4.98 Å². The molecule has 108 valence electrons. The van der Waals surface area contributed by atoms with Crippen LogP contribution in [0.2, 0.25) is 4.34 Å². The molecule has 0 atom stereocenters. The summed E-state index contributed by atoms with van der Waals surface area (Å²) in [5, 5.41) is 3.24. The third kappa shape index (κ3) is 2.80. The van der Waals surface area contributed by atoms with Crippen molar-refractivity contribution < 1.29 is 9.53 Å². The zero-order chi connectivity index (χ0) is 15.0. The van der Waals surface area contributed by atoms with Crippen molar-refractivity contribution in [2.24, 2.45) is 0 Å². The summed E-state index contributed by atoms with van der Waals surface area (Å²) >= 11 is 8.38. The second kappa shape index (κ2) is 5.51. The number of fused-ring (bicyclic) bond motifs is 1. The maximum atomic E-state index is 12.1. The first-order chi connectivity index (χ1) is 10.1. The lowest BCUT2D eigenvalue weighted by molar-refractivity contribution is 0.103. The first-order valence-corrected chi connectivity index (χ1v) is 7.88. The summed E-state index contributed by atoms with van der Waals surface area (Å²) in [6.07, 6.45) is 0. The predicted octanol–water partition coefficient (Wildman–Crippen LogP) is 3.85. The Labute approximate surface area is 133 Å². The normalized spacial score (nSPS) is 10.8. The van der Waals surface area contributed by atoms with Crippen LogP contribution < -0.4 is 15.8 Å². The van der Waals surface area contributed by atoms with Gasteiger partial charge in [0.25, 0.3) is 5.91 Å². The lowest BCUT2D eigenvalue weighted by Gasteiger charge is -2.01. The van der Waals surface area contributed by atoms with Gasteiger partial charge in [0.15, 0.2) is 5.13 Å². The van der Waals surface area contributed by atoms with Crippen molar-refractivity contribution in [3.63, 3.8) is 0 Å². The minimum absolute atomic E-state index is 0.238. The fraction of sp³-hybridized carbons (Fsp3) is 0.0769. The van der Waals surface area contributed by atoms with E-state index in [1.165, 1.54) is 22.7 Å². The standard InChI is InChI=1S/C13H10ClN3O2S2/c1-19-7-4-6(15)5-9-11(7)16-13(21-9)17-12(18)8-2-3-10(14)20-8/h2-5H,15H2,1H3,(H,16,17,18). The molecule has 0 unspecified atom stereocenters. The summed E-state index contributed by atoms with van der Waals surface area (Å²) in [7, 11) is 1.56. The van der Waals surface area contributed by atoms with Gasteiger partial charge in [0.2, 0.25) is 0 Å². The average Bonchev–Trinajstić information content (AvgIpc) is 3.03. The molecular formula is C13H10ClN3O2S2. The van der Waals surface area contributed by atoms with Crippen LogP contribution in [0, 0.1) is 0 Å². The number of nitrogen functional groups attached to an aromatic ring is 1. The molecule has 21 heavy (non-hydrogen) atoms. The highest BCUT2D eigenvalue weighted by Crippen LogP contribution is 2.35. The van der Waals surface area contributed by atoms with Crippen LogP contribution in [0.4, 0.5) is 10.8 Å². The van der Waals surface area contributed by atoms with E-state index in [0.717, 1.165) is 4.70 Å². The molecule has 0 aliphatic carbocycles. The molecule has 2 heterocycles. The monoisotopic (exact) mass is 339 g/mol. The number of halogens is 1. The first kappa shape index (κ1) is 14.1. The fourth-order valence-electron chi connectivity index (χ4n) is 1.82. The molecule has 0 bridgehead atoms. The van der Waals surface area contributed by atoms with Crippen LogP contribution in [0.15, 0.2) is 24.3 Å². The number of nitrogens with two attached hydrogens (primary N) is 1. The van der Waals surface area contributed by atoms with E-state index in [9.17, 15) is 4.79 Å². The third-order valence-corrected chi connectivity index (χ3v) is 4.87. The number of benzene rings is 1. The van der Waals surface area contributed by atoms with E-state index in [1.54, 1.807) is 31.4 Å². The molecule has 0 spiro atoms. The third-order valence-electron chi connectivity index (χ3n) is 2.72. The molecule has 8 heteroatoms. The molecule has 3 rings (SSSR count). The maximum absolute atomic E-state index is 12.1. The molecule has 5 nitrogen and oxygen atoms in total. The van der Waals surface area contributed by atoms with Gasteiger partial charge in [-0.3, -0.25) is 10.1 Å². The number of nitrogens with one attached hydrogen (secondary N) is 1. The summed E-state index contributed by atoms with van der Waals surface area (Å²) < 4.78 is 6.67. The molecule has 0 saturated heterocycles. The van der Waals surface area contributed by atoms with Gasteiger partial charge in [-0.1, -0.05) is 22.9 Å². The molecule has 1 amide bonds. The van der Waals surface area contributed by atoms with Crippen LogP contribution in [0.1, 0.15) is 9.67 Å². The van der Waals surface area contributed by atoms with Crippen LogP contribution in [0.5, 0.6) is 5.75 Å². The molecule has 2 aromatic heterocycles. The Hall–Kier alpha value is -1.83. The number of anilines is 2. The number of thiazole rings is 1. The minimum Gasteiger partial charge on any atom is -0.494 e. The highest BCUT2D eigenvalue weighted by molar-refractivity contribution is 7.22. The van der Waals surface area contributed by atoms with E-state index in [2.05, 4.69) is 10.3 Å². The van der Waals surface area contributed by atoms with Gasteiger partial charge in [-0.2, -0.15) is 0 Å². The Kier molecular flexibility index (Phi) is 3.71. The summed E-state index contributed by atoms with van der Waals surface area (Å²) in [5.74, 6) is 0.346. The quantitative estimate of drug-likeness (QED) is 0.710. The number of carbonyl (C=O) groups excluding carboxylic acids is 1. The van der Waals surface area contributed by atoms with Gasteiger partial charge < -0.3 is 10.5 Å². The summed E-state index contributed by atoms with van der Waals surface area (Å²) in [6.45, 7) is 0. The van der Waals surface area contributed by atoms with Crippen molar-refractivity contribution in [2.75, 3.05) is 18.2 Å². The van der Waals surface area contributed by atoms with E-state index in [4.69, 9.17) is 22.1 Å². The van der Waals surface area contributed by atoms with Gasteiger partial charge in [-0.05, 0) is 18.2 Å². The second-order valence-electron chi connectivity index (χ2n) is 4.15. The Morgan fingerprint density at radius 2 is 2.19 bits per heavy atom. The van der Waals surface area contributed by atoms with Gasteiger partial charge in [0.05, 0.1) is 21.0 Å². The van der Waals surface area contributed by atoms with E-state index in [-0.39, 0.29) is 5.91 Å². The number of aromatic nitrogens is 1. The van der Waals surface area contributed by atoms with Gasteiger partial charge >= 0.3 is 0 Å². The number of nitrogens with zero attached hydrogens (tertiary/aromatic N) is 1. The summed E-state index contributed by atoms with van der Waals surface area (Å²) in [6, 6.07) is 6.86. The summed E-state index contributed by atoms with van der Waals surface area (Å²) in [5.41, 5.74) is 7.07. The second-order valence-corrected chi connectivity index (χ2v) is 6.89. The van der Waals surface area contributed by atoms with Crippen molar-refractivity contribution in [1.82, 2.24) is 4.98 Å². The highest BCUT2D eigenvalue weighted by Gasteiger charge is 2.14. The Balaban J connectivity index is 1.93. The van der Waals surface area contributed by atoms with Gasteiger partial charge in [0.1, 0.15) is 11.3 Å². The number of ether oxygens (including phenoxy) is 1. The SMILES string of the molecule is COc1cc(N)cc2sc(NC(=O)c3ccc(Cl)s3)nc12. The van der Waals surface area contributed by atoms with E-state index in [0.29, 0.717) is 31.3 Å². The van der Waals surface area contributed by atoms with E-state index >= 15 is 0 Å². The highest BCUT2D eigenvalue weighted by atomic mass is 35.5. The molecule has 0 aliphatic heterocycles. The molecular weight excluding hydrogens is 330 g/mol. The van der Waals surface area contributed by atoms with Gasteiger partial charge in [0, 0.05) is 11.8 Å². The number of hydrogen-bond acceptors (Lipinski definition) is 6. The van der Waals surface area contributed by atoms with Crippen molar-refractivity contribution in [3.05, 3.63) is 33.5 Å². The molecule has 0 aliphatic rings. The lowest BCUT2D eigenvalue weighted by Crippen LogP contribution is -2.09. The van der Waals surface area contributed by atoms with Crippen LogP contribution in [0.25, 0.3) is 10.2 Å². The van der Waals surface area contributed by atoms with Crippen molar-refractivity contribution >= 4 is 61.2 Å². The molecule has 1 aromatic carbocycles. The number of carbonyl (C=O) groups is 1. The zero-order valence-electron chi connectivity index (χ0n) is 10.8. The molecule has 0 fully saturated rings. The topological polar surface area (TPSA) is 77.2 Å². The number of thiophene rings is 1. The van der Waals surface area contributed by atoms with E-state index < -0.39 is 0 Å². The Bertz CT molecular complexity index is 828. The van der Waals surface area contributed by atoms with Crippen LogP contribution in [-0.2, 0) is 0 Å².